The van der Waals surface area contributed by atoms with Crippen LogP contribution in [-0.4, -0.2) is 7.05 Å². The maximum Gasteiger partial charge on any atom is 0.126 e. The van der Waals surface area contributed by atoms with E-state index in [4.69, 9.17) is 0 Å². The number of halogens is 1. The minimum absolute atomic E-state index is 0.118. The van der Waals surface area contributed by atoms with Gasteiger partial charge in [-0.1, -0.05) is 48.9 Å². The fraction of sp³-hybridized carbons (Fsp3) is 0.368. The van der Waals surface area contributed by atoms with Gasteiger partial charge >= 0.3 is 0 Å². The summed E-state index contributed by atoms with van der Waals surface area (Å²) in [7, 11) is 1.95. The van der Waals surface area contributed by atoms with Crippen LogP contribution in [0.1, 0.15) is 47.9 Å². The van der Waals surface area contributed by atoms with Crippen LogP contribution in [0.3, 0.4) is 0 Å². The Bertz CT molecular complexity index is 604. The standard InChI is InChI=1S/C19H22FN/c1-21-19(13-16-6-2-3-11-18(16)20)17-10-5-9-15(12-17)14-7-4-8-14/h2-3,5-6,9-12,14,19,21H,4,7-8,13H2,1H3. The third kappa shape index (κ3) is 3.16. The van der Waals surface area contributed by atoms with Crippen molar-refractivity contribution in [3.63, 3.8) is 0 Å². The Hall–Kier alpha value is -1.67. The highest BCUT2D eigenvalue weighted by atomic mass is 19.1. The lowest BCUT2D eigenvalue weighted by Gasteiger charge is -2.27. The van der Waals surface area contributed by atoms with Crippen LogP contribution in [0.25, 0.3) is 0 Å². The van der Waals surface area contributed by atoms with Crippen LogP contribution < -0.4 is 5.32 Å². The maximum atomic E-state index is 13.8. The third-order valence-corrected chi connectivity index (χ3v) is 4.62. The van der Waals surface area contributed by atoms with Crippen molar-refractivity contribution in [3.8, 4) is 0 Å². The molecule has 1 nitrogen and oxygen atoms in total. The van der Waals surface area contributed by atoms with E-state index in [9.17, 15) is 4.39 Å². The van der Waals surface area contributed by atoms with E-state index >= 15 is 0 Å². The number of hydrogen-bond donors (Lipinski definition) is 1. The third-order valence-electron chi connectivity index (χ3n) is 4.62. The summed E-state index contributed by atoms with van der Waals surface area (Å²) in [6, 6.07) is 16.0. The van der Waals surface area contributed by atoms with E-state index in [0.717, 1.165) is 11.5 Å². The molecular weight excluding hydrogens is 261 g/mol. The van der Waals surface area contributed by atoms with E-state index in [-0.39, 0.29) is 11.9 Å². The van der Waals surface area contributed by atoms with Gasteiger partial charge in [0.25, 0.3) is 0 Å². The molecule has 1 N–H and O–H groups in total. The average molecular weight is 283 g/mol. The molecule has 0 heterocycles. The predicted octanol–water partition coefficient (Wildman–Crippen LogP) is 4.60. The fourth-order valence-electron chi connectivity index (χ4n) is 3.04. The van der Waals surface area contributed by atoms with Crippen LogP contribution in [0, 0.1) is 5.82 Å². The zero-order valence-corrected chi connectivity index (χ0v) is 12.5. The molecule has 3 rings (SSSR count). The molecule has 0 radical (unpaired) electrons. The van der Waals surface area contributed by atoms with Gasteiger partial charge in [-0.2, -0.15) is 0 Å². The molecule has 21 heavy (non-hydrogen) atoms. The van der Waals surface area contributed by atoms with Gasteiger partial charge < -0.3 is 5.32 Å². The molecule has 2 aromatic rings. The van der Waals surface area contributed by atoms with Gasteiger partial charge in [-0.05, 0) is 55.0 Å². The highest BCUT2D eigenvalue weighted by Crippen LogP contribution is 2.37. The molecule has 0 bridgehead atoms. The second-order valence-electron chi connectivity index (χ2n) is 5.93. The summed E-state index contributed by atoms with van der Waals surface area (Å²) in [5, 5.41) is 3.33. The monoisotopic (exact) mass is 283 g/mol. The van der Waals surface area contributed by atoms with Gasteiger partial charge in [0.15, 0.2) is 0 Å². The molecule has 0 amide bonds. The average Bonchev–Trinajstić information content (AvgIpc) is 2.45. The van der Waals surface area contributed by atoms with Crippen molar-refractivity contribution in [2.45, 2.75) is 37.6 Å². The second kappa shape index (κ2) is 6.40. The Morgan fingerprint density at radius 3 is 2.62 bits per heavy atom. The molecule has 0 spiro atoms. The first-order valence-corrected chi connectivity index (χ1v) is 7.78. The first kappa shape index (κ1) is 14.3. The lowest BCUT2D eigenvalue weighted by atomic mass is 9.79. The normalized spacial score (nSPS) is 16.5. The van der Waals surface area contributed by atoms with Crippen LogP contribution >= 0.6 is 0 Å². The van der Waals surface area contributed by atoms with Crippen molar-refractivity contribution in [3.05, 3.63) is 71.0 Å². The summed E-state index contributed by atoms with van der Waals surface area (Å²) in [4.78, 5) is 0. The molecule has 0 aliphatic heterocycles. The van der Waals surface area contributed by atoms with Crippen molar-refractivity contribution in [1.82, 2.24) is 5.32 Å². The lowest BCUT2D eigenvalue weighted by Crippen LogP contribution is -2.20. The summed E-state index contributed by atoms with van der Waals surface area (Å²) in [5.41, 5.74) is 3.46. The predicted molar refractivity (Wildman–Crippen MR) is 84.9 cm³/mol. The van der Waals surface area contributed by atoms with E-state index in [1.807, 2.05) is 19.2 Å². The molecule has 1 fully saturated rings. The second-order valence-corrected chi connectivity index (χ2v) is 5.93. The van der Waals surface area contributed by atoms with Crippen LogP contribution in [0.2, 0.25) is 0 Å². The van der Waals surface area contributed by atoms with Crippen LogP contribution in [0.15, 0.2) is 48.5 Å². The largest absolute Gasteiger partial charge is 0.313 e. The molecule has 0 saturated heterocycles. The lowest BCUT2D eigenvalue weighted by molar-refractivity contribution is 0.419. The van der Waals surface area contributed by atoms with E-state index in [1.165, 1.54) is 36.5 Å². The smallest absolute Gasteiger partial charge is 0.126 e. The number of hydrogen-bond acceptors (Lipinski definition) is 1. The summed E-state index contributed by atoms with van der Waals surface area (Å²) in [5.74, 6) is 0.615. The van der Waals surface area contributed by atoms with Crippen molar-refractivity contribution in [1.29, 1.82) is 0 Å². The molecule has 1 aliphatic rings. The molecule has 1 atom stereocenters. The molecule has 1 aliphatic carbocycles. The Morgan fingerprint density at radius 2 is 1.95 bits per heavy atom. The highest BCUT2D eigenvalue weighted by Gasteiger charge is 2.20. The quantitative estimate of drug-likeness (QED) is 0.846. The summed E-state index contributed by atoms with van der Waals surface area (Å²) in [6.45, 7) is 0. The molecular formula is C19H22FN. The molecule has 1 unspecified atom stereocenters. The van der Waals surface area contributed by atoms with Gasteiger partial charge in [0.2, 0.25) is 0 Å². The Balaban J connectivity index is 1.81. The van der Waals surface area contributed by atoms with Gasteiger partial charge in [0.05, 0.1) is 0 Å². The summed E-state index contributed by atoms with van der Waals surface area (Å²) < 4.78 is 13.8. The number of likely N-dealkylation sites (N-methyl/N-ethyl adjacent to an activating group) is 1. The van der Waals surface area contributed by atoms with Crippen molar-refractivity contribution in [2.24, 2.45) is 0 Å². The first-order valence-electron chi connectivity index (χ1n) is 7.78. The number of nitrogens with one attached hydrogen (secondary N) is 1. The Kier molecular flexibility index (Phi) is 4.35. The zero-order chi connectivity index (χ0) is 14.7. The summed E-state index contributed by atoms with van der Waals surface area (Å²) >= 11 is 0. The van der Waals surface area contributed by atoms with E-state index in [2.05, 4.69) is 29.6 Å². The van der Waals surface area contributed by atoms with Crippen LogP contribution in [-0.2, 0) is 6.42 Å². The molecule has 2 heteroatoms. The Morgan fingerprint density at radius 1 is 1.14 bits per heavy atom. The maximum absolute atomic E-state index is 13.8. The molecule has 2 aromatic carbocycles. The fourth-order valence-corrected chi connectivity index (χ4v) is 3.04. The van der Waals surface area contributed by atoms with Gasteiger partial charge in [-0.25, -0.2) is 4.39 Å². The van der Waals surface area contributed by atoms with Gasteiger partial charge in [-0.3, -0.25) is 0 Å². The van der Waals surface area contributed by atoms with E-state index in [1.54, 1.807) is 6.07 Å². The van der Waals surface area contributed by atoms with E-state index in [0.29, 0.717) is 6.42 Å². The first-order chi connectivity index (χ1) is 10.3. The van der Waals surface area contributed by atoms with Gasteiger partial charge in [-0.15, -0.1) is 0 Å². The minimum atomic E-state index is -0.118. The van der Waals surface area contributed by atoms with Crippen molar-refractivity contribution < 1.29 is 4.39 Å². The molecule has 0 aromatic heterocycles. The summed E-state index contributed by atoms with van der Waals surface area (Å²) in [6.07, 6.45) is 4.64. The number of benzene rings is 2. The van der Waals surface area contributed by atoms with Crippen LogP contribution in [0.5, 0.6) is 0 Å². The highest BCUT2D eigenvalue weighted by molar-refractivity contribution is 5.31. The number of rotatable bonds is 5. The Labute approximate surface area is 126 Å². The minimum Gasteiger partial charge on any atom is -0.313 e. The SMILES string of the molecule is CNC(Cc1ccccc1F)c1cccc(C2CCC2)c1. The van der Waals surface area contributed by atoms with Gasteiger partial charge in [0.1, 0.15) is 5.82 Å². The topological polar surface area (TPSA) is 12.0 Å². The van der Waals surface area contributed by atoms with Crippen molar-refractivity contribution in [2.75, 3.05) is 7.05 Å². The van der Waals surface area contributed by atoms with E-state index < -0.39 is 0 Å². The zero-order valence-electron chi connectivity index (χ0n) is 12.5. The van der Waals surface area contributed by atoms with Crippen molar-refractivity contribution >= 4 is 0 Å². The van der Waals surface area contributed by atoms with Gasteiger partial charge in [0, 0.05) is 6.04 Å². The van der Waals surface area contributed by atoms with Crippen LogP contribution in [0.4, 0.5) is 4.39 Å². The molecule has 1 saturated carbocycles. The molecule has 110 valence electrons.